The predicted molar refractivity (Wildman–Crippen MR) is 230 cm³/mol. The van der Waals surface area contributed by atoms with E-state index in [2.05, 4.69) is 48.6 Å². The van der Waals surface area contributed by atoms with Crippen LogP contribution in [0.25, 0.3) is 22.3 Å². The fraction of sp³-hybridized carbons (Fsp3) is 0.340. The number of benzene rings is 5. The third-order valence-electron chi connectivity index (χ3n) is 11.5. The summed E-state index contributed by atoms with van der Waals surface area (Å²) in [7, 11) is 0. The van der Waals surface area contributed by atoms with Crippen LogP contribution in [0.2, 0.25) is 0 Å². The molecule has 0 aromatic heterocycles. The van der Waals surface area contributed by atoms with Gasteiger partial charge in [-0.3, -0.25) is 4.90 Å². The van der Waals surface area contributed by atoms with E-state index in [0.29, 0.717) is 13.0 Å². The molecule has 2 N–H and O–H groups in total. The van der Waals surface area contributed by atoms with Gasteiger partial charge in [0.05, 0.1) is 6.61 Å². The molecule has 5 aromatic carbocycles. The van der Waals surface area contributed by atoms with E-state index in [1.54, 1.807) is 0 Å². The number of carbonyl (C=O) groups is 3. The van der Waals surface area contributed by atoms with Gasteiger partial charge in [0.25, 0.3) is 0 Å². The Hall–Kier alpha value is -6.09. The van der Waals surface area contributed by atoms with Crippen LogP contribution in [0.5, 0.6) is 5.75 Å². The van der Waals surface area contributed by atoms with E-state index in [1.807, 2.05) is 84.9 Å². The van der Waals surface area contributed by atoms with E-state index in [1.165, 1.54) is 30.6 Å². The first-order valence-electron chi connectivity index (χ1n) is 21.1. The number of alkyl carbamates (subject to hydrolysis) is 1. The van der Waals surface area contributed by atoms with Gasteiger partial charge >= 0.3 is 18.2 Å². The summed E-state index contributed by atoms with van der Waals surface area (Å²) in [5.41, 5.74) is 9.62. The first-order chi connectivity index (χ1) is 28.9. The maximum Gasteiger partial charge on any atom is 0.410 e. The van der Waals surface area contributed by atoms with Crippen LogP contribution in [0.15, 0.2) is 121 Å². The first-order valence-corrected chi connectivity index (χ1v) is 21.1. The quantitative estimate of drug-likeness (QED) is 0.0754. The second kappa shape index (κ2) is 20.1. The van der Waals surface area contributed by atoms with Crippen LogP contribution in [-0.2, 0) is 20.8 Å². The molecule has 0 fully saturated rings. The highest BCUT2D eigenvalue weighted by Gasteiger charge is 2.34. The summed E-state index contributed by atoms with van der Waals surface area (Å²) >= 11 is 0. The number of aliphatic carboxylic acids is 1. The van der Waals surface area contributed by atoms with Crippen LogP contribution in [0.1, 0.15) is 97.9 Å². The largest absolute Gasteiger partial charge is 0.494 e. The molecule has 9 heteroatoms. The minimum absolute atomic E-state index is 0.0190. The van der Waals surface area contributed by atoms with Crippen LogP contribution >= 0.6 is 0 Å². The monoisotopic (exact) mass is 794 g/mol. The Morgan fingerprint density at radius 3 is 1.64 bits per heavy atom. The molecule has 0 saturated heterocycles. The number of rotatable bonds is 20. The standard InChI is InChI=1S/C50H54N2O7/c1-2-3-4-5-6-15-31-57-36-28-26-35(27-29-36)32-52(50(56)59-34-46-43-23-13-9-19-39(43)40-20-10-14-24-44(40)46)47(48(53)54)25-16-30-51-49(55)58-33-45-41-21-11-7-17-37(41)38-18-8-12-22-42(38)45/h7-14,17-24,26-29,45-47H,2-6,15-16,25,30-34H2,1H3,(H,51,55)(H,53,54)/t47-/m0/s1. The van der Waals surface area contributed by atoms with Gasteiger partial charge in [-0.15, -0.1) is 0 Å². The second-order valence-corrected chi connectivity index (χ2v) is 15.4. The highest BCUT2D eigenvalue weighted by Crippen LogP contribution is 2.45. The van der Waals surface area contributed by atoms with E-state index in [0.717, 1.165) is 68.7 Å². The summed E-state index contributed by atoms with van der Waals surface area (Å²) in [5.74, 6) is -0.681. The number of fused-ring (bicyclic) bond motifs is 6. The molecule has 0 radical (unpaired) electrons. The molecule has 9 nitrogen and oxygen atoms in total. The van der Waals surface area contributed by atoms with E-state index >= 15 is 0 Å². The molecule has 0 unspecified atom stereocenters. The number of carboxylic acid groups (broad SMARTS) is 1. The van der Waals surface area contributed by atoms with Crippen molar-refractivity contribution < 1.29 is 33.7 Å². The lowest BCUT2D eigenvalue weighted by atomic mass is 9.98. The van der Waals surface area contributed by atoms with Crippen LogP contribution < -0.4 is 10.1 Å². The smallest absolute Gasteiger partial charge is 0.410 e. The van der Waals surface area contributed by atoms with Gasteiger partial charge in [0.2, 0.25) is 0 Å². The van der Waals surface area contributed by atoms with Gasteiger partial charge in [0, 0.05) is 24.9 Å². The van der Waals surface area contributed by atoms with Gasteiger partial charge in [0.1, 0.15) is 25.0 Å². The van der Waals surface area contributed by atoms with E-state index in [9.17, 15) is 19.5 Å². The zero-order valence-corrected chi connectivity index (χ0v) is 33.8. The number of ether oxygens (including phenoxy) is 3. The Balaban J connectivity index is 0.978. The molecular formula is C50H54N2O7. The van der Waals surface area contributed by atoms with Gasteiger partial charge in [0.15, 0.2) is 0 Å². The Bertz CT molecular complexity index is 2110. The number of hydrogen-bond donors (Lipinski definition) is 2. The SMILES string of the molecule is CCCCCCCCOc1ccc(CN(C(=O)OCC2c3ccccc3-c3ccccc32)[C@@H](CCCNC(=O)OCC2c3ccccc3-c3ccccc32)C(=O)O)cc1. The Morgan fingerprint density at radius 2 is 1.12 bits per heavy atom. The zero-order valence-electron chi connectivity index (χ0n) is 33.8. The second-order valence-electron chi connectivity index (χ2n) is 15.4. The molecule has 1 atom stereocenters. The zero-order chi connectivity index (χ0) is 41.0. The van der Waals surface area contributed by atoms with E-state index < -0.39 is 24.2 Å². The van der Waals surface area contributed by atoms with E-state index in [-0.39, 0.29) is 44.6 Å². The molecular weight excluding hydrogens is 741 g/mol. The van der Waals surface area contributed by atoms with Crippen molar-refractivity contribution in [3.63, 3.8) is 0 Å². The van der Waals surface area contributed by atoms with Crippen molar-refractivity contribution in [2.75, 3.05) is 26.4 Å². The van der Waals surface area contributed by atoms with Crippen molar-refractivity contribution >= 4 is 18.2 Å². The average Bonchev–Trinajstić information content (AvgIpc) is 3.76. The number of nitrogens with zero attached hydrogens (tertiary/aromatic N) is 1. The molecule has 5 aromatic rings. The van der Waals surface area contributed by atoms with Crippen LogP contribution in [0, 0.1) is 0 Å². The van der Waals surface area contributed by atoms with Crippen LogP contribution in [0.4, 0.5) is 9.59 Å². The van der Waals surface area contributed by atoms with Gasteiger partial charge in [-0.25, -0.2) is 14.4 Å². The molecule has 0 spiro atoms. The minimum atomic E-state index is -1.21. The average molecular weight is 795 g/mol. The summed E-state index contributed by atoms with van der Waals surface area (Å²) in [4.78, 5) is 41.1. The molecule has 2 amide bonds. The van der Waals surface area contributed by atoms with Gasteiger partial charge in [-0.05, 0) is 81.5 Å². The molecule has 59 heavy (non-hydrogen) atoms. The minimum Gasteiger partial charge on any atom is -0.494 e. The Kier molecular flexibility index (Phi) is 14.0. The third-order valence-corrected chi connectivity index (χ3v) is 11.5. The van der Waals surface area contributed by atoms with Crippen LogP contribution in [0.3, 0.4) is 0 Å². The molecule has 7 rings (SSSR count). The van der Waals surface area contributed by atoms with Gasteiger partial charge in [-0.2, -0.15) is 0 Å². The van der Waals surface area contributed by atoms with Gasteiger partial charge < -0.3 is 24.6 Å². The predicted octanol–water partition coefficient (Wildman–Crippen LogP) is 10.9. The molecule has 2 aliphatic carbocycles. The van der Waals surface area contributed by atoms with Crippen molar-refractivity contribution in [3.05, 3.63) is 149 Å². The summed E-state index contributed by atoms with van der Waals surface area (Å²) in [5, 5.41) is 13.3. The fourth-order valence-corrected chi connectivity index (χ4v) is 8.49. The third kappa shape index (κ3) is 9.97. The van der Waals surface area contributed by atoms with Crippen molar-refractivity contribution in [1.29, 1.82) is 0 Å². The van der Waals surface area contributed by atoms with Crippen molar-refractivity contribution in [3.8, 4) is 28.0 Å². The highest BCUT2D eigenvalue weighted by molar-refractivity contribution is 5.82. The lowest BCUT2D eigenvalue weighted by molar-refractivity contribution is -0.143. The summed E-state index contributed by atoms with van der Waals surface area (Å²) in [6.07, 6.45) is 6.13. The lowest BCUT2D eigenvalue weighted by Gasteiger charge is -2.29. The first kappa shape index (κ1) is 41.1. The topological polar surface area (TPSA) is 114 Å². The van der Waals surface area contributed by atoms with Crippen molar-refractivity contribution in [2.45, 2.75) is 82.7 Å². The summed E-state index contributed by atoms with van der Waals surface area (Å²) < 4.78 is 17.7. The van der Waals surface area contributed by atoms with Crippen molar-refractivity contribution in [1.82, 2.24) is 10.2 Å². The Morgan fingerprint density at radius 1 is 0.627 bits per heavy atom. The summed E-state index contributed by atoms with van der Waals surface area (Å²) in [6, 6.07) is 38.7. The highest BCUT2D eigenvalue weighted by atomic mass is 16.6. The number of unbranched alkanes of at least 4 members (excludes halogenated alkanes) is 5. The maximum atomic E-state index is 14.1. The number of carboxylic acids is 1. The molecule has 0 heterocycles. The van der Waals surface area contributed by atoms with Crippen LogP contribution in [-0.4, -0.2) is 60.6 Å². The lowest BCUT2D eigenvalue weighted by Crippen LogP contribution is -2.45. The number of carbonyl (C=O) groups excluding carboxylic acids is 2. The number of hydrogen-bond acceptors (Lipinski definition) is 6. The number of nitrogens with one attached hydrogen (secondary N) is 1. The van der Waals surface area contributed by atoms with Gasteiger partial charge in [-0.1, -0.05) is 148 Å². The molecule has 0 saturated carbocycles. The Labute approximate surface area is 347 Å². The van der Waals surface area contributed by atoms with E-state index in [4.69, 9.17) is 14.2 Å². The normalized spacial score (nSPS) is 13.1. The fourth-order valence-electron chi connectivity index (χ4n) is 8.49. The molecule has 306 valence electrons. The summed E-state index contributed by atoms with van der Waals surface area (Å²) in [6.45, 7) is 3.26. The molecule has 0 bridgehead atoms. The number of amides is 2. The molecule has 2 aliphatic rings. The molecule has 0 aliphatic heterocycles. The van der Waals surface area contributed by atoms with Crippen molar-refractivity contribution in [2.24, 2.45) is 0 Å². The maximum absolute atomic E-state index is 14.1.